The van der Waals surface area contributed by atoms with Crippen molar-refractivity contribution in [3.63, 3.8) is 0 Å². The molecule has 1 fully saturated rings. The number of thiazole rings is 1. The van der Waals surface area contributed by atoms with Crippen LogP contribution in [0, 0.1) is 31.1 Å². The second-order valence-electron chi connectivity index (χ2n) is 11.2. The smallest absolute Gasteiger partial charge is 0.226 e. The summed E-state index contributed by atoms with van der Waals surface area (Å²) in [5.41, 5.74) is 7.18. The normalized spacial score (nSPS) is 19.5. The van der Waals surface area contributed by atoms with Crippen LogP contribution < -0.4 is 5.32 Å². The van der Waals surface area contributed by atoms with Crippen molar-refractivity contribution in [2.75, 3.05) is 6.54 Å². The molecule has 0 bridgehead atoms. The van der Waals surface area contributed by atoms with Gasteiger partial charge in [-0.3, -0.25) is 4.79 Å². The van der Waals surface area contributed by atoms with Crippen LogP contribution >= 0.6 is 11.3 Å². The Morgan fingerprint density at radius 1 is 1.32 bits per heavy atom. The van der Waals surface area contributed by atoms with E-state index in [1.165, 1.54) is 21.6 Å². The number of hydrogen-bond acceptors (Lipinski definition) is 5. The first-order valence-electron chi connectivity index (χ1n) is 12.3. The first-order valence-corrected chi connectivity index (χ1v) is 13.2. The van der Waals surface area contributed by atoms with E-state index in [9.17, 15) is 9.90 Å². The van der Waals surface area contributed by atoms with Gasteiger partial charge in [0, 0.05) is 31.1 Å². The van der Waals surface area contributed by atoms with Crippen molar-refractivity contribution < 1.29 is 9.90 Å². The molecule has 3 atom stereocenters. The number of nitrogens with zero attached hydrogens (tertiary/aromatic N) is 2. The van der Waals surface area contributed by atoms with Gasteiger partial charge < -0.3 is 15.3 Å². The van der Waals surface area contributed by atoms with E-state index in [-0.39, 0.29) is 23.3 Å². The van der Waals surface area contributed by atoms with Gasteiger partial charge in [-0.05, 0) is 48.3 Å². The molecule has 1 aliphatic rings. The lowest BCUT2D eigenvalue weighted by Gasteiger charge is -2.37. The highest BCUT2D eigenvalue weighted by Crippen LogP contribution is 2.36. The van der Waals surface area contributed by atoms with Crippen LogP contribution in [0.25, 0.3) is 10.4 Å². The Kier molecular flexibility index (Phi) is 8.25. The summed E-state index contributed by atoms with van der Waals surface area (Å²) < 4.78 is 0. The minimum atomic E-state index is -0.518. The first kappa shape index (κ1) is 26.4. The minimum Gasteiger partial charge on any atom is -0.391 e. The lowest BCUT2D eigenvalue weighted by Crippen LogP contribution is -2.46. The summed E-state index contributed by atoms with van der Waals surface area (Å²) in [6.07, 6.45) is 0.848. The predicted molar refractivity (Wildman–Crippen MR) is 142 cm³/mol. The number of carbonyl (C=O) groups is 1. The molecule has 1 amide bonds. The summed E-state index contributed by atoms with van der Waals surface area (Å²) >= 11 is 1.66. The van der Waals surface area contributed by atoms with Gasteiger partial charge in [0.15, 0.2) is 0 Å². The number of carbonyl (C=O) groups excluding carboxylic acids is 1. The van der Waals surface area contributed by atoms with E-state index in [1.54, 1.807) is 11.3 Å². The highest BCUT2D eigenvalue weighted by atomic mass is 32.1. The monoisotopic (exact) mass is 483 g/mol. The van der Waals surface area contributed by atoms with Gasteiger partial charge in [-0.15, -0.1) is 11.3 Å². The number of amides is 1. The molecule has 34 heavy (non-hydrogen) atoms. The standard InChI is InChI=1S/C28H41N3O2S/c1-17(2)11-24(28(6,7)8)27(33)31-15-23(32)13-25(31)19(4)29-14-22-10-9-21(12-18(22)3)26-20(5)30-16-34-26/h9-10,12,16-17,23-25,29,32H,4,11,13-15H2,1-3,5-8H3/t23-,24-,25+/m1/s1. The molecule has 0 aliphatic carbocycles. The highest BCUT2D eigenvalue weighted by Gasteiger charge is 2.42. The van der Waals surface area contributed by atoms with E-state index >= 15 is 0 Å². The SMILES string of the molecule is C=C(NCc1ccc(-c2scnc2C)cc1C)[C@@H]1C[C@@H](O)CN1C(=O)[C@@H](CC(C)C)C(C)(C)C. The van der Waals surface area contributed by atoms with Crippen LogP contribution in [0.4, 0.5) is 0 Å². The highest BCUT2D eigenvalue weighted by molar-refractivity contribution is 7.13. The molecule has 1 aliphatic heterocycles. The number of rotatable bonds is 8. The van der Waals surface area contributed by atoms with Crippen LogP contribution in [-0.2, 0) is 11.3 Å². The Labute approximate surface area is 209 Å². The van der Waals surface area contributed by atoms with Gasteiger partial charge in [0.25, 0.3) is 0 Å². The van der Waals surface area contributed by atoms with E-state index < -0.39 is 6.10 Å². The van der Waals surface area contributed by atoms with Gasteiger partial charge in [0.05, 0.1) is 28.2 Å². The lowest BCUT2D eigenvalue weighted by atomic mass is 9.75. The predicted octanol–water partition coefficient (Wildman–Crippen LogP) is 5.70. The van der Waals surface area contributed by atoms with E-state index in [0.29, 0.717) is 25.4 Å². The molecule has 1 saturated heterocycles. The number of nitrogens with one attached hydrogen (secondary N) is 1. The third kappa shape index (κ3) is 6.08. The molecule has 0 spiro atoms. The lowest BCUT2D eigenvalue weighted by molar-refractivity contribution is -0.140. The molecule has 1 aromatic carbocycles. The quantitative estimate of drug-likeness (QED) is 0.505. The summed E-state index contributed by atoms with van der Waals surface area (Å²) in [7, 11) is 0. The van der Waals surface area contributed by atoms with Crippen LogP contribution in [0.15, 0.2) is 36.0 Å². The molecule has 0 radical (unpaired) electrons. The van der Waals surface area contributed by atoms with Gasteiger partial charge in [-0.2, -0.15) is 0 Å². The number of β-amino-alcohol motifs (C(OH)–C–C–N with tert-alkyl or cyclic N) is 1. The maximum absolute atomic E-state index is 13.6. The maximum atomic E-state index is 13.6. The van der Waals surface area contributed by atoms with Crippen molar-refractivity contribution in [3.05, 3.63) is 52.8 Å². The number of benzene rings is 1. The summed E-state index contributed by atoms with van der Waals surface area (Å²) in [5.74, 6) is 0.476. The maximum Gasteiger partial charge on any atom is 0.226 e. The Morgan fingerprint density at radius 3 is 2.59 bits per heavy atom. The number of aliphatic hydroxyl groups excluding tert-OH is 1. The zero-order valence-corrected chi connectivity index (χ0v) is 22.6. The van der Waals surface area contributed by atoms with Crippen molar-refractivity contribution in [2.24, 2.45) is 17.3 Å². The second-order valence-corrected chi connectivity index (χ2v) is 12.1. The third-order valence-electron chi connectivity index (χ3n) is 6.87. The Bertz CT molecular complexity index is 1020. The Balaban J connectivity index is 1.71. The van der Waals surface area contributed by atoms with Crippen molar-refractivity contribution in [2.45, 2.75) is 80.0 Å². The molecule has 0 saturated carbocycles. The molecule has 186 valence electrons. The molecular formula is C28H41N3O2S. The topological polar surface area (TPSA) is 65.5 Å². The van der Waals surface area contributed by atoms with Gasteiger partial charge in [0.1, 0.15) is 0 Å². The summed E-state index contributed by atoms with van der Waals surface area (Å²) in [4.78, 5) is 21.1. The fourth-order valence-corrected chi connectivity index (χ4v) is 5.63. The number of likely N-dealkylation sites (tertiary alicyclic amines) is 1. The number of aryl methyl sites for hydroxylation is 2. The van der Waals surface area contributed by atoms with Crippen molar-refractivity contribution >= 4 is 17.2 Å². The zero-order valence-electron chi connectivity index (χ0n) is 21.8. The summed E-state index contributed by atoms with van der Waals surface area (Å²) in [6, 6.07) is 6.30. The summed E-state index contributed by atoms with van der Waals surface area (Å²) in [6.45, 7) is 20.2. The molecule has 2 aromatic rings. The van der Waals surface area contributed by atoms with Gasteiger partial charge >= 0.3 is 0 Å². The first-order chi connectivity index (χ1) is 15.9. The van der Waals surface area contributed by atoms with Crippen molar-refractivity contribution in [1.82, 2.24) is 15.2 Å². The van der Waals surface area contributed by atoms with E-state index in [1.807, 2.05) is 17.3 Å². The second kappa shape index (κ2) is 10.6. The fraction of sp³-hybridized carbons (Fsp3) is 0.571. The van der Waals surface area contributed by atoms with Crippen LogP contribution in [0.5, 0.6) is 0 Å². The summed E-state index contributed by atoms with van der Waals surface area (Å²) in [5, 5.41) is 13.9. The fourth-order valence-electron chi connectivity index (χ4n) is 4.83. The molecule has 6 heteroatoms. The zero-order chi connectivity index (χ0) is 25.2. The molecule has 0 unspecified atom stereocenters. The van der Waals surface area contributed by atoms with E-state index in [0.717, 1.165) is 17.8 Å². The van der Waals surface area contributed by atoms with Crippen LogP contribution in [-0.4, -0.2) is 39.6 Å². The van der Waals surface area contributed by atoms with Crippen molar-refractivity contribution in [3.8, 4) is 10.4 Å². The largest absolute Gasteiger partial charge is 0.391 e. The average molecular weight is 484 g/mol. The molecule has 2 N–H and O–H groups in total. The minimum absolute atomic E-state index is 0.0851. The van der Waals surface area contributed by atoms with Crippen LogP contribution in [0.3, 0.4) is 0 Å². The molecule has 2 heterocycles. The van der Waals surface area contributed by atoms with Crippen LogP contribution in [0.2, 0.25) is 0 Å². The van der Waals surface area contributed by atoms with E-state index in [2.05, 4.69) is 76.6 Å². The number of aromatic nitrogens is 1. The van der Waals surface area contributed by atoms with Gasteiger partial charge in [0.2, 0.25) is 5.91 Å². The third-order valence-corrected chi connectivity index (χ3v) is 7.85. The van der Waals surface area contributed by atoms with Gasteiger partial charge in [-0.25, -0.2) is 4.98 Å². The van der Waals surface area contributed by atoms with Crippen LogP contribution in [0.1, 0.15) is 64.3 Å². The van der Waals surface area contributed by atoms with Crippen molar-refractivity contribution in [1.29, 1.82) is 0 Å². The molecule has 1 aromatic heterocycles. The molecule has 3 rings (SSSR count). The number of hydrogen-bond donors (Lipinski definition) is 2. The van der Waals surface area contributed by atoms with Gasteiger partial charge in [-0.1, -0.05) is 59.4 Å². The molecule has 5 nitrogen and oxygen atoms in total. The average Bonchev–Trinajstić information content (AvgIpc) is 3.35. The van der Waals surface area contributed by atoms with E-state index in [4.69, 9.17) is 0 Å². The Hall–Kier alpha value is -2.18. The number of aliphatic hydroxyl groups is 1. The Morgan fingerprint density at radius 2 is 2.03 bits per heavy atom. The molecular weight excluding hydrogens is 442 g/mol.